The van der Waals surface area contributed by atoms with E-state index >= 15 is 0 Å². The number of halogens is 1. The van der Waals surface area contributed by atoms with Crippen molar-refractivity contribution in [3.8, 4) is 0 Å². The number of rotatable bonds is 4. The quantitative estimate of drug-likeness (QED) is 0.763. The van der Waals surface area contributed by atoms with Crippen molar-refractivity contribution in [2.75, 3.05) is 18.0 Å². The zero-order valence-electron chi connectivity index (χ0n) is 17.6. The Bertz CT molecular complexity index is 1120. The number of nitrogens with zero attached hydrogens (tertiary/aromatic N) is 3. The molecule has 2 aromatic heterocycles. The highest BCUT2D eigenvalue weighted by Crippen LogP contribution is 2.37. The van der Waals surface area contributed by atoms with Crippen molar-refractivity contribution in [1.82, 2.24) is 14.9 Å². The van der Waals surface area contributed by atoms with Crippen LogP contribution in [0.1, 0.15) is 56.4 Å². The molecule has 1 amide bonds. The van der Waals surface area contributed by atoms with Crippen molar-refractivity contribution in [1.29, 1.82) is 0 Å². The lowest BCUT2D eigenvalue weighted by atomic mass is 10.2. The van der Waals surface area contributed by atoms with Gasteiger partial charge in [0.05, 0.1) is 11.4 Å². The van der Waals surface area contributed by atoms with Crippen LogP contribution in [-0.2, 0) is 4.74 Å². The molecule has 4 rings (SSSR count). The predicted octanol–water partition coefficient (Wildman–Crippen LogP) is 2.67. The summed E-state index contributed by atoms with van der Waals surface area (Å²) in [5, 5.41) is 12.1. The molecule has 0 radical (unpaired) electrons. The Morgan fingerprint density at radius 2 is 2.00 bits per heavy atom. The molecule has 2 aromatic rings. The molecule has 1 saturated carbocycles. The van der Waals surface area contributed by atoms with E-state index in [1.54, 1.807) is 30.2 Å². The molecule has 2 N–H and O–H groups in total. The largest absolute Gasteiger partial charge is 0.477 e. The molecular formula is C21H25FN4O5. The molecule has 1 aliphatic carbocycles. The van der Waals surface area contributed by atoms with E-state index < -0.39 is 34.5 Å². The zero-order chi connectivity index (χ0) is 22.5. The average Bonchev–Trinajstić information content (AvgIpc) is 3.39. The molecule has 3 heterocycles. The topological polar surface area (TPSA) is 114 Å². The van der Waals surface area contributed by atoms with Gasteiger partial charge in [0.2, 0.25) is 5.43 Å². The minimum atomic E-state index is -1.35. The predicted molar refractivity (Wildman–Crippen MR) is 111 cm³/mol. The van der Waals surface area contributed by atoms with Crippen LogP contribution in [0.15, 0.2) is 17.1 Å². The molecule has 9 nitrogen and oxygen atoms in total. The van der Waals surface area contributed by atoms with E-state index in [-0.39, 0.29) is 28.9 Å². The number of carbonyl (C=O) groups is 2. The first-order valence-corrected chi connectivity index (χ1v) is 10.3. The number of aromatic carboxylic acids is 1. The number of amides is 1. The van der Waals surface area contributed by atoms with Gasteiger partial charge in [0.1, 0.15) is 16.8 Å². The number of anilines is 1. The molecule has 166 valence electrons. The Balaban J connectivity index is 1.63. The van der Waals surface area contributed by atoms with Crippen LogP contribution in [0.3, 0.4) is 0 Å². The van der Waals surface area contributed by atoms with Crippen molar-refractivity contribution in [3.63, 3.8) is 0 Å². The summed E-state index contributed by atoms with van der Waals surface area (Å²) in [7, 11) is 0. The highest BCUT2D eigenvalue weighted by molar-refractivity contribution is 5.92. The maximum Gasteiger partial charge on any atom is 0.407 e. The highest BCUT2D eigenvalue weighted by atomic mass is 19.1. The molecule has 31 heavy (non-hydrogen) atoms. The van der Waals surface area contributed by atoms with Gasteiger partial charge < -0.3 is 24.6 Å². The number of ether oxygens (including phenoxy) is 1. The fourth-order valence-corrected chi connectivity index (χ4v) is 3.79. The minimum absolute atomic E-state index is 0.0457. The van der Waals surface area contributed by atoms with E-state index in [0.29, 0.717) is 19.5 Å². The molecule has 10 heteroatoms. The number of carboxylic acids is 1. The number of nitrogens with one attached hydrogen (secondary N) is 1. The van der Waals surface area contributed by atoms with Gasteiger partial charge in [-0.1, -0.05) is 0 Å². The summed E-state index contributed by atoms with van der Waals surface area (Å²) in [6.45, 7) is 6.14. The van der Waals surface area contributed by atoms with Gasteiger partial charge in [0, 0.05) is 25.3 Å². The number of aromatic nitrogens is 2. The average molecular weight is 432 g/mol. The molecule has 0 bridgehead atoms. The molecular weight excluding hydrogens is 407 g/mol. The normalized spacial score (nSPS) is 19.0. The summed E-state index contributed by atoms with van der Waals surface area (Å²) in [6.07, 6.45) is 3.05. The molecule has 0 spiro atoms. The molecule has 1 saturated heterocycles. The second-order valence-corrected chi connectivity index (χ2v) is 9.06. The SMILES string of the molecule is CC(C)(C)OC(=O)N[C@H]1CCN(c2nc3c(cc2F)c(=O)c(C(=O)O)cn3C2CC2)C1. The van der Waals surface area contributed by atoms with Gasteiger partial charge in [-0.15, -0.1) is 0 Å². The summed E-state index contributed by atoms with van der Waals surface area (Å²) in [6, 6.07) is 0.888. The first kappa shape index (κ1) is 21.1. The lowest BCUT2D eigenvalue weighted by molar-refractivity contribution is 0.0508. The second kappa shape index (κ2) is 7.51. The van der Waals surface area contributed by atoms with Crippen LogP contribution in [0.4, 0.5) is 15.0 Å². The van der Waals surface area contributed by atoms with Gasteiger partial charge in [-0.3, -0.25) is 4.79 Å². The van der Waals surface area contributed by atoms with Crippen LogP contribution in [0.25, 0.3) is 11.0 Å². The van der Waals surface area contributed by atoms with Crippen molar-refractivity contribution in [3.05, 3.63) is 33.9 Å². The number of pyridine rings is 2. The summed E-state index contributed by atoms with van der Waals surface area (Å²) >= 11 is 0. The Hall–Kier alpha value is -3.17. The zero-order valence-corrected chi connectivity index (χ0v) is 17.6. The first-order valence-electron chi connectivity index (χ1n) is 10.3. The third kappa shape index (κ3) is 4.33. The van der Waals surface area contributed by atoms with Crippen molar-refractivity contribution in [2.45, 2.75) is 57.7 Å². The smallest absolute Gasteiger partial charge is 0.407 e. The number of carboxylic acid groups (broad SMARTS) is 1. The van der Waals surface area contributed by atoms with Gasteiger partial charge in [-0.2, -0.15) is 0 Å². The fourth-order valence-electron chi connectivity index (χ4n) is 3.79. The number of fused-ring (bicyclic) bond motifs is 1. The van der Waals surface area contributed by atoms with Crippen LogP contribution < -0.4 is 15.6 Å². The number of alkyl carbamates (subject to hydrolysis) is 1. The van der Waals surface area contributed by atoms with Crippen LogP contribution >= 0.6 is 0 Å². The third-order valence-electron chi connectivity index (χ3n) is 5.32. The van der Waals surface area contributed by atoms with Crippen LogP contribution in [0.5, 0.6) is 0 Å². The molecule has 0 unspecified atom stereocenters. The summed E-state index contributed by atoms with van der Waals surface area (Å²) in [5.41, 5.74) is -1.48. The lowest BCUT2D eigenvalue weighted by Crippen LogP contribution is -2.40. The lowest BCUT2D eigenvalue weighted by Gasteiger charge is -2.22. The molecule has 2 fully saturated rings. The Morgan fingerprint density at radius 3 is 2.61 bits per heavy atom. The summed E-state index contributed by atoms with van der Waals surface area (Å²) in [5.74, 6) is -1.97. The summed E-state index contributed by atoms with van der Waals surface area (Å²) < 4.78 is 21.9. The molecule has 2 aliphatic rings. The van der Waals surface area contributed by atoms with E-state index in [0.717, 1.165) is 18.9 Å². The molecule has 1 atom stereocenters. The van der Waals surface area contributed by atoms with E-state index in [2.05, 4.69) is 10.3 Å². The van der Waals surface area contributed by atoms with Crippen LogP contribution in [0.2, 0.25) is 0 Å². The van der Waals surface area contributed by atoms with Crippen molar-refractivity contribution >= 4 is 28.9 Å². The fraction of sp³-hybridized carbons (Fsp3) is 0.524. The van der Waals surface area contributed by atoms with Crippen LogP contribution in [0, 0.1) is 5.82 Å². The van der Waals surface area contributed by atoms with Gasteiger partial charge >= 0.3 is 12.1 Å². The monoisotopic (exact) mass is 432 g/mol. The molecule has 1 aliphatic heterocycles. The maximum absolute atomic E-state index is 14.9. The van der Waals surface area contributed by atoms with Gasteiger partial charge in [0.25, 0.3) is 0 Å². The third-order valence-corrected chi connectivity index (χ3v) is 5.32. The first-order chi connectivity index (χ1) is 14.5. The van der Waals surface area contributed by atoms with Gasteiger partial charge in [-0.25, -0.2) is 19.0 Å². The Kier molecular flexibility index (Phi) is 5.10. The minimum Gasteiger partial charge on any atom is -0.477 e. The second-order valence-electron chi connectivity index (χ2n) is 9.06. The van der Waals surface area contributed by atoms with E-state index in [9.17, 15) is 23.9 Å². The number of hydrogen-bond acceptors (Lipinski definition) is 6. The highest BCUT2D eigenvalue weighted by Gasteiger charge is 2.31. The maximum atomic E-state index is 14.9. The molecule has 0 aromatic carbocycles. The van der Waals surface area contributed by atoms with E-state index in [4.69, 9.17) is 4.74 Å². The Morgan fingerprint density at radius 1 is 1.29 bits per heavy atom. The Labute approximate surface area is 177 Å². The van der Waals surface area contributed by atoms with Crippen molar-refractivity contribution < 1.29 is 23.8 Å². The van der Waals surface area contributed by atoms with Crippen LogP contribution in [-0.4, -0.2) is 51.5 Å². The standard InChI is InChI=1S/C21H25FN4O5/c1-21(2,3)31-20(30)23-11-6-7-25(9-11)18-15(22)8-13-16(27)14(19(28)29)10-26(12-4-5-12)17(13)24-18/h8,10-12H,4-7,9H2,1-3H3,(H,23,30)(H,28,29)/t11-/m0/s1. The van der Waals surface area contributed by atoms with E-state index in [1.165, 1.54) is 6.20 Å². The van der Waals surface area contributed by atoms with Gasteiger partial charge in [0.15, 0.2) is 11.6 Å². The van der Waals surface area contributed by atoms with Crippen molar-refractivity contribution in [2.24, 2.45) is 0 Å². The number of carbonyl (C=O) groups excluding carboxylic acids is 1. The number of hydrogen-bond donors (Lipinski definition) is 2. The van der Waals surface area contributed by atoms with Gasteiger partial charge in [-0.05, 0) is 46.1 Å². The summed E-state index contributed by atoms with van der Waals surface area (Å²) in [4.78, 5) is 42.2. The van der Waals surface area contributed by atoms with E-state index in [1.807, 2.05) is 0 Å².